The maximum absolute atomic E-state index is 13.2. The molecule has 0 bridgehead atoms. The second-order valence-electron chi connectivity index (χ2n) is 8.23. The summed E-state index contributed by atoms with van der Waals surface area (Å²) in [6, 6.07) is 15.7. The van der Waals surface area contributed by atoms with Crippen molar-refractivity contribution < 1.29 is 14.3 Å². The van der Waals surface area contributed by atoms with Crippen LogP contribution in [-0.2, 0) is 11.2 Å². The van der Waals surface area contributed by atoms with Gasteiger partial charge in [0.25, 0.3) is 5.91 Å². The largest absolute Gasteiger partial charge is 0.494 e. The van der Waals surface area contributed by atoms with E-state index in [9.17, 15) is 9.59 Å². The third-order valence-corrected chi connectivity index (χ3v) is 6.03. The predicted octanol–water partition coefficient (Wildman–Crippen LogP) is 2.87. The van der Waals surface area contributed by atoms with Gasteiger partial charge < -0.3 is 19.9 Å². The van der Waals surface area contributed by atoms with Gasteiger partial charge in [-0.25, -0.2) is 0 Å². The molecule has 1 fully saturated rings. The average Bonchev–Trinajstić information content (AvgIpc) is 2.84. The fraction of sp³-hybridized carbons (Fsp3) is 0.385. The van der Waals surface area contributed by atoms with Gasteiger partial charge >= 0.3 is 0 Å². The number of nitrogens with zero attached hydrogens (tertiary/aromatic N) is 2. The highest BCUT2D eigenvalue weighted by molar-refractivity contribution is 5.99. The highest BCUT2D eigenvalue weighted by atomic mass is 16.5. The Morgan fingerprint density at radius 1 is 1.19 bits per heavy atom. The Hall–Kier alpha value is -3.30. The monoisotopic (exact) mass is 431 g/mol. The molecule has 2 aliphatic rings. The van der Waals surface area contributed by atoms with Crippen LogP contribution < -0.4 is 15.0 Å². The standard InChI is InChI=1S/C26H29N3O3/c1-2-15-29-24-12-10-21(18-20(24)11-13-25(29)30)26(31)28-16-14-27-22(19-28)7-6-17-32-23-8-4-3-5-9-23/h1,3-5,8-10,12,18,22,27H,6-7,11,13-17,19H2. The molecule has 2 aromatic rings. The molecule has 32 heavy (non-hydrogen) atoms. The van der Waals surface area contributed by atoms with E-state index in [1.54, 1.807) is 4.90 Å². The Balaban J connectivity index is 1.33. The number of amides is 2. The number of terminal acetylenes is 1. The number of rotatable bonds is 7. The normalized spacial score (nSPS) is 18.1. The van der Waals surface area contributed by atoms with E-state index in [0.29, 0.717) is 38.1 Å². The van der Waals surface area contributed by atoms with E-state index in [2.05, 4.69) is 11.2 Å². The topological polar surface area (TPSA) is 61.9 Å². The Morgan fingerprint density at radius 2 is 2.03 bits per heavy atom. The SMILES string of the molecule is C#CCN1C(=O)CCc2cc(C(=O)N3CCNC(CCCOc4ccccc4)C3)ccc21. The number of carbonyl (C=O) groups excluding carboxylic acids is 2. The minimum Gasteiger partial charge on any atom is -0.494 e. The van der Waals surface area contributed by atoms with Gasteiger partial charge in [0.05, 0.1) is 13.2 Å². The van der Waals surface area contributed by atoms with Crippen molar-refractivity contribution in [2.24, 2.45) is 0 Å². The summed E-state index contributed by atoms with van der Waals surface area (Å²) in [5, 5.41) is 3.52. The summed E-state index contributed by atoms with van der Waals surface area (Å²) in [7, 11) is 0. The van der Waals surface area contributed by atoms with Crippen molar-refractivity contribution >= 4 is 17.5 Å². The lowest BCUT2D eigenvalue weighted by Crippen LogP contribution is -2.52. The molecule has 0 radical (unpaired) electrons. The van der Waals surface area contributed by atoms with Crippen molar-refractivity contribution in [3.63, 3.8) is 0 Å². The molecular formula is C26H29N3O3. The molecule has 1 saturated heterocycles. The van der Waals surface area contributed by atoms with E-state index in [0.717, 1.165) is 36.4 Å². The van der Waals surface area contributed by atoms with Gasteiger partial charge in [0.2, 0.25) is 5.91 Å². The zero-order chi connectivity index (χ0) is 22.3. The zero-order valence-corrected chi connectivity index (χ0v) is 18.3. The lowest BCUT2D eigenvalue weighted by atomic mass is 9.98. The fourth-order valence-electron chi connectivity index (χ4n) is 4.38. The van der Waals surface area contributed by atoms with E-state index in [1.807, 2.05) is 53.4 Å². The number of hydrogen-bond donors (Lipinski definition) is 1. The van der Waals surface area contributed by atoms with Crippen molar-refractivity contribution in [1.29, 1.82) is 0 Å². The molecule has 1 N–H and O–H groups in total. The van der Waals surface area contributed by atoms with Crippen LogP contribution in [0, 0.1) is 12.3 Å². The molecule has 2 amide bonds. The van der Waals surface area contributed by atoms with Crippen LogP contribution in [0.5, 0.6) is 5.75 Å². The molecule has 6 nitrogen and oxygen atoms in total. The number of benzene rings is 2. The number of aryl methyl sites for hydroxylation is 1. The van der Waals surface area contributed by atoms with Gasteiger partial charge in [-0.2, -0.15) is 0 Å². The third kappa shape index (κ3) is 5.12. The highest BCUT2D eigenvalue weighted by Crippen LogP contribution is 2.29. The molecule has 0 aliphatic carbocycles. The lowest BCUT2D eigenvalue weighted by molar-refractivity contribution is -0.118. The van der Waals surface area contributed by atoms with Crippen molar-refractivity contribution in [1.82, 2.24) is 10.2 Å². The van der Waals surface area contributed by atoms with Gasteiger partial charge in [-0.1, -0.05) is 24.1 Å². The molecule has 2 heterocycles. The highest BCUT2D eigenvalue weighted by Gasteiger charge is 2.27. The van der Waals surface area contributed by atoms with Gasteiger partial charge in [-0.3, -0.25) is 9.59 Å². The van der Waals surface area contributed by atoms with Gasteiger partial charge in [0, 0.05) is 43.3 Å². The molecule has 0 aromatic heterocycles. The minimum absolute atomic E-state index is 0.0377. The number of fused-ring (bicyclic) bond motifs is 1. The molecule has 2 aliphatic heterocycles. The summed E-state index contributed by atoms with van der Waals surface area (Å²) in [5.41, 5.74) is 2.51. The summed E-state index contributed by atoms with van der Waals surface area (Å²) >= 11 is 0. The summed E-state index contributed by atoms with van der Waals surface area (Å²) in [6.45, 7) is 3.07. The minimum atomic E-state index is 0.0377. The molecule has 4 rings (SSSR count). The molecule has 2 aromatic carbocycles. The fourth-order valence-corrected chi connectivity index (χ4v) is 4.38. The summed E-state index contributed by atoms with van der Waals surface area (Å²) in [4.78, 5) is 28.9. The summed E-state index contributed by atoms with van der Waals surface area (Å²) in [5.74, 6) is 3.51. The average molecular weight is 432 g/mol. The number of ether oxygens (including phenoxy) is 1. The number of nitrogens with one attached hydrogen (secondary N) is 1. The van der Waals surface area contributed by atoms with Gasteiger partial charge in [0.15, 0.2) is 0 Å². The smallest absolute Gasteiger partial charge is 0.253 e. The number of anilines is 1. The van der Waals surface area contributed by atoms with Crippen LogP contribution in [0.4, 0.5) is 5.69 Å². The second kappa shape index (κ2) is 10.3. The maximum Gasteiger partial charge on any atom is 0.253 e. The first-order valence-electron chi connectivity index (χ1n) is 11.2. The number of para-hydroxylation sites is 1. The Bertz CT molecular complexity index is 999. The van der Waals surface area contributed by atoms with Crippen LogP contribution in [0.3, 0.4) is 0 Å². The molecule has 6 heteroatoms. The Labute approximate surface area is 189 Å². The Kier molecular flexibility index (Phi) is 7.08. The van der Waals surface area contributed by atoms with E-state index >= 15 is 0 Å². The van der Waals surface area contributed by atoms with Crippen molar-refractivity contribution in [2.75, 3.05) is 37.7 Å². The first kappa shape index (κ1) is 21.9. The van der Waals surface area contributed by atoms with Crippen LogP contribution >= 0.6 is 0 Å². The first-order valence-corrected chi connectivity index (χ1v) is 11.2. The van der Waals surface area contributed by atoms with Crippen molar-refractivity contribution in [3.05, 3.63) is 59.7 Å². The van der Waals surface area contributed by atoms with Gasteiger partial charge in [-0.05, 0) is 55.2 Å². The third-order valence-electron chi connectivity index (χ3n) is 6.03. The van der Waals surface area contributed by atoms with Crippen LogP contribution in [0.2, 0.25) is 0 Å². The van der Waals surface area contributed by atoms with Crippen molar-refractivity contribution in [3.8, 4) is 18.1 Å². The lowest BCUT2D eigenvalue weighted by Gasteiger charge is -2.34. The second-order valence-corrected chi connectivity index (χ2v) is 8.23. The van der Waals surface area contributed by atoms with Crippen molar-refractivity contribution in [2.45, 2.75) is 31.7 Å². The quantitative estimate of drug-likeness (QED) is 0.541. The van der Waals surface area contributed by atoms with Crippen LogP contribution in [0.15, 0.2) is 48.5 Å². The van der Waals surface area contributed by atoms with Crippen LogP contribution in [0.1, 0.15) is 35.2 Å². The van der Waals surface area contributed by atoms with E-state index in [1.165, 1.54) is 0 Å². The molecule has 0 spiro atoms. The molecule has 1 unspecified atom stereocenters. The van der Waals surface area contributed by atoms with E-state index in [4.69, 9.17) is 11.2 Å². The summed E-state index contributed by atoms with van der Waals surface area (Å²) in [6.07, 6.45) is 8.36. The zero-order valence-electron chi connectivity index (χ0n) is 18.3. The van der Waals surface area contributed by atoms with E-state index < -0.39 is 0 Å². The van der Waals surface area contributed by atoms with E-state index in [-0.39, 0.29) is 24.4 Å². The molecule has 166 valence electrons. The number of piperazine rings is 1. The summed E-state index contributed by atoms with van der Waals surface area (Å²) < 4.78 is 5.78. The molecule has 0 saturated carbocycles. The predicted molar refractivity (Wildman–Crippen MR) is 125 cm³/mol. The van der Waals surface area contributed by atoms with Gasteiger partial charge in [-0.15, -0.1) is 6.42 Å². The molecule has 1 atom stereocenters. The first-order chi connectivity index (χ1) is 15.7. The number of carbonyl (C=O) groups is 2. The number of hydrogen-bond acceptors (Lipinski definition) is 4. The maximum atomic E-state index is 13.2. The Morgan fingerprint density at radius 3 is 2.84 bits per heavy atom. The van der Waals surface area contributed by atoms with Crippen LogP contribution in [-0.4, -0.2) is 55.5 Å². The molecular weight excluding hydrogens is 402 g/mol. The van der Waals surface area contributed by atoms with Gasteiger partial charge in [0.1, 0.15) is 5.75 Å². The van der Waals surface area contributed by atoms with Crippen LogP contribution in [0.25, 0.3) is 0 Å².